The summed E-state index contributed by atoms with van der Waals surface area (Å²) < 4.78 is 1.76. The van der Waals surface area contributed by atoms with Crippen molar-refractivity contribution in [2.45, 2.75) is 77.3 Å². The van der Waals surface area contributed by atoms with E-state index in [0.717, 1.165) is 53.2 Å². The van der Waals surface area contributed by atoms with Crippen LogP contribution in [0.2, 0.25) is 0 Å². The predicted octanol–water partition coefficient (Wildman–Crippen LogP) is 5.83. The number of hydrogen-bond donors (Lipinski definition) is 1. The van der Waals surface area contributed by atoms with Crippen molar-refractivity contribution in [2.24, 2.45) is 0 Å². The van der Waals surface area contributed by atoms with Crippen LogP contribution in [0, 0.1) is 13.8 Å². The molecule has 1 aliphatic carbocycles. The molecule has 3 heterocycles. The molecule has 1 atom stereocenters. The van der Waals surface area contributed by atoms with E-state index < -0.39 is 0 Å². The molecular weight excluding hydrogens is 482 g/mol. The number of aryl methyl sites for hydroxylation is 2. The molecule has 37 heavy (non-hydrogen) atoms. The van der Waals surface area contributed by atoms with Crippen molar-refractivity contribution in [3.8, 4) is 11.4 Å². The van der Waals surface area contributed by atoms with E-state index in [4.69, 9.17) is 15.0 Å². The first-order valence-electron chi connectivity index (χ1n) is 13.0. The van der Waals surface area contributed by atoms with Gasteiger partial charge in [0.05, 0.1) is 22.6 Å². The Labute approximate surface area is 221 Å². The molecule has 0 spiro atoms. The maximum absolute atomic E-state index is 13.7. The molecule has 192 valence electrons. The molecule has 0 unspecified atom stereocenters. The van der Waals surface area contributed by atoms with Crippen LogP contribution < -0.4 is 10.9 Å². The second-order valence-corrected chi connectivity index (χ2v) is 11.0. The lowest BCUT2D eigenvalue weighted by Crippen LogP contribution is -2.28. The molecule has 0 amide bonds. The van der Waals surface area contributed by atoms with Crippen molar-refractivity contribution < 1.29 is 0 Å². The van der Waals surface area contributed by atoms with Gasteiger partial charge < -0.3 is 5.32 Å². The van der Waals surface area contributed by atoms with Crippen LogP contribution in [0.25, 0.3) is 22.6 Å². The Bertz CT molecular complexity index is 1500. The van der Waals surface area contributed by atoms with E-state index in [1.165, 1.54) is 4.90 Å². The van der Waals surface area contributed by atoms with Gasteiger partial charge in [0.2, 0.25) is 0 Å². The zero-order valence-electron chi connectivity index (χ0n) is 22.1. The lowest BCUT2D eigenvalue weighted by molar-refractivity contribution is 0.526. The van der Waals surface area contributed by atoms with E-state index in [2.05, 4.69) is 53.4 Å². The van der Waals surface area contributed by atoms with Crippen molar-refractivity contribution >= 4 is 28.7 Å². The van der Waals surface area contributed by atoms with E-state index >= 15 is 0 Å². The van der Waals surface area contributed by atoms with Gasteiger partial charge in [-0.25, -0.2) is 24.9 Å². The fraction of sp³-hybridized carbons (Fsp3) is 0.429. The summed E-state index contributed by atoms with van der Waals surface area (Å²) in [5.41, 5.74) is 5.55. The van der Waals surface area contributed by atoms with Crippen LogP contribution in [0.4, 0.5) is 5.82 Å². The highest BCUT2D eigenvalue weighted by Crippen LogP contribution is 2.43. The lowest BCUT2D eigenvalue weighted by Gasteiger charge is -2.19. The Morgan fingerprint density at radius 2 is 1.81 bits per heavy atom. The third-order valence-corrected chi connectivity index (χ3v) is 7.79. The predicted molar refractivity (Wildman–Crippen MR) is 149 cm³/mol. The van der Waals surface area contributed by atoms with Gasteiger partial charge >= 0.3 is 0 Å². The van der Waals surface area contributed by atoms with Gasteiger partial charge in [-0.1, -0.05) is 26.0 Å². The van der Waals surface area contributed by atoms with Crippen molar-refractivity contribution in [1.29, 1.82) is 0 Å². The molecule has 1 N–H and O–H groups in total. The number of fused-ring (bicyclic) bond motifs is 1. The first-order chi connectivity index (χ1) is 17.9. The Morgan fingerprint density at radius 3 is 2.49 bits per heavy atom. The third-order valence-electron chi connectivity index (χ3n) is 6.89. The Balaban J connectivity index is 1.59. The summed E-state index contributed by atoms with van der Waals surface area (Å²) in [7, 11) is 0. The first-order valence-corrected chi connectivity index (χ1v) is 14.0. The van der Waals surface area contributed by atoms with Gasteiger partial charge in [0, 0.05) is 23.4 Å². The second kappa shape index (κ2) is 10.6. The topological polar surface area (TPSA) is 98.5 Å². The fourth-order valence-corrected chi connectivity index (χ4v) is 5.19. The SMILES string of the molecule is CCSc1ccc(CNc2nc3c(C)nc(-c4c(C)ncnc4C4CC4)nc3n([C@@H](C)CC)c2=O)cc1. The maximum atomic E-state index is 13.7. The smallest absolute Gasteiger partial charge is 0.295 e. The van der Waals surface area contributed by atoms with E-state index in [9.17, 15) is 4.79 Å². The van der Waals surface area contributed by atoms with Crippen LogP contribution in [0.5, 0.6) is 0 Å². The molecule has 1 saturated carbocycles. The average molecular weight is 516 g/mol. The molecule has 1 aromatic carbocycles. The van der Waals surface area contributed by atoms with Crippen LogP contribution in [-0.4, -0.2) is 35.2 Å². The molecule has 0 radical (unpaired) electrons. The summed E-state index contributed by atoms with van der Waals surface area (Å²) in [5.74, 6) is 2.34. The van der Waals surface area contributed by atoms with E-state index in [1.54, 1.807) is 10.9 Å². The van der Waals surface area contributed by atoms with Crippen molar-refractivity contribution in [1.82, 2.24) is 29.5 Å². The van der Waals surface area contributed by atoms with Gasteiger partial charge in [-0.05, 0) is 63.5 Å². The number of thioether (sulfide) groups is 1. The van der Waals surface area contributed by atoms with Crippen LogP contribution in [0.1, 0.15) is 74.6 Å². The van der Waals surface area contributed by atoms with Gasteiger partial charge in [0.1, 0.15) is 11.8 Å². The van der Waals surface area contributed by atoms with Crippen LogP contribution in [0.3, 0.4) is 0 Å². The highest BCUT2D eigenvalue weighted by atomic mass is 32.2. The van der Waals surface area contributed by atoms with Crippen molar-refractivity contribution in [2.75, 3.05) is 11.1 Å². The van der Waals surface area contributed by atoms with Crippen molar-refractivity contribution in [3.05, 3.63) is 63.6 Å². The van der Waals surface area contributed by atoms with Crippen molar-refractivity contribution in [3.63, 3.8) is 0 Å². The zero-order valence-corrected chi connectivity index (χ0v) is 22.9. The van der Waals surface area contributed by atoms with Gasteiger partial charge in [0.15, 0.2) is 17.3 Å². The molecule has 0 saturated heterocycles. The maximum Gasteiger partial charge on any atom is 0.295 e. The Hall–Kier alpha value is -3.33. The first kappa shape index (κ1) is 25.3. The normalized spacial score (nSPS) is 14.2. The molecule has 3 aromatic heterocycles. The fourth-order valence-electron chi connectivity index (χ4n) is 4.53. The molecule has 1 fully saturated rings. The quantitative estimate of drug-likeness (QED) is 0.278. The van der Waals surface area contributed by atoms with Crippen LogP contribution >= 0.6 is 11.8 Å². The summed E-state index contributed by atoms with van der Waals surface area (Å²) >= 11 is 1.81. The monoisotopic (exact) mass is 515 g/mol. The minimum Gasteiger partial charge on any atom is -0.361 e. The number of anilines is 1. The van der Waals surface area contributed by atoms with E-state index in [0.29, 0.717) is 35.3 Å². The third kappa shape index (κ3) is 5.09. The number of nitrogens with zero attached hydrogens (tertiary/aromatic N) is 6. The number of aromatic nitrogens is 6. The second-order valence-electron chi connectivity index (χ2n) is 9.62. The average Bonchev–Trinajstić information content (AvgIpc) is 3.74. The van der Waals surface area contributed by atoms with Gasteiger partial charge in [-0.2, -0.15) is 0 Å². The standard InChI is InChI=1S/C28H33N7OS/c1-6-16(3)35-27-23(33-26(28(35)36)29-14-19-8-12-21(13-9-19)37-7-2)18(5)32-25(34-27)22-17(4)30-15-31-24(22)20-10-11-20/h8-9,12-13,15-16,20H,6-7,10-11,14H2,1-5H3,(H,29,33)/t16-/m0/s1. The van der Waals surface area contributed by atoms with Gasteiger partial charge in [0.25, 0.3) is 5.56 Å². The Kier molecular flexibility index (Phi) is 7.24. The van der Waals surface area contributed by atoms with E-state index in [-0.39, 0.29) is 11.6 Å². The summed E-state index contributed by atoms with van der Waals surface area (Å²) in [4.78, 5) is 38.5. The summed E-state index contributed by atoms with van der Waals surface area (Å²) in [5, 5.41) is 3.28. The number of benzene rings is 1. The van der Waals surface area contributed by atoms with Crippen LogP contribution in [0.15, 0.2) is 40.3 Å². The molecule has 9 heteroatoms. The summed E-state index contributed by atoms with van der Waals surface area (Å²) in [6.45, 7) is 10.7. The number of hydrogen-bond acceptors (Lipinski definition) is 8. The Morgan fingerprint density at radius 1 is 1.05 bits per heavy atom. The minimum atomic E-state index is -0.174. The van der Waals surface area contributed by atoms with E-state index in [1.807, 2.05) is 32.5 Å². The molecule has 4 aromatic rings. The number of nitrogens with one attached hydrogen (secondary N) is 1. The minimum absolute atomic E-state index is 0.0536. The molecule has 0 aliphatic heterocycles. The molecular formula is C28H33N7OS. The molecule has 8 nitrogen and oxygen atoms in total. The highest BCUT2D eigenvalue weighted by Gasteiger charge is 2.30. The lowest BCUT2D eigenvalue weighted by atomic mass is 10.1. The summed E-state index contributed by atoms with van der Waals surface area (Å²) in [6, 6.07) is 8.34. The molecule has 1 aliphatic rings. The molecule has 0 bridgehead atoms. The van der Waals surface area contributed by atoms with Crippen LogP contribution in [-0.2, 0) is 6.54 Å². The van der Waals surface area contributed by atoms with Gasteiger partial charge in [-0.3, -0.25) is 9.36 Å². The summed E-state index contributed by atoms with van der Waals surface area (Å²) in [6.07, 6.45) is 4.63. The molecule has 5 rings (SSSR count). The zero-order chi connectivity index (χ0) is 26.1. The number of rotatable bonds is 9. The largest absolute Gasteiger partial charge is 0.361 e. The van der Waals surface area contributed by atoms with Gasteiger partial charge in [-0.15, -0.1) is 11.8 Å². The highest BCUT2D eigenvalue weighted by molar-refractivity contribution is 7.99.